The van der Waals surface area contributed by atoms with E-state index in [2.05, 4.69) is 0 Å². The molecule has 3 N–H and O–H groups in total. The summed E-state index contributed by atoms with van der Waals surface area (Å²) in [5, 5.41) is 8.73. The van der Waals surface area contributed by atoms with E-state index in [9.17, 15) is 4.79 Å². The Bertz CT molecular complexity index is 147. The fraction of sp³-hybridized carbons (Fsp3) is 0.889. The molecule has 0 aromatic heterocycles. The molecule has 72 valence electrons. The molecule has 3 nitrogen and oxygen atoms in total. The van der Waals surface area contributed by atoms with Crippen molar-refractivity contribution in [3.8, 4) is 0 Å². The summed E-state index contributed by atoms with van der Waals surface area (Å²) < 4.78 is 0. The van der Waals surface area contributed by atoms with Crippen LogP contribution in [-0.4, -0.2) is 17.1 Å². The van der Waals surface area contributed by atoms with Crippen LogP contribution in [0.5, 0.6) is 0 Å². The van der Waals surface area contributed by atoms with E-state index in [0.29, 0.717) is 11.8 Å². The zero-order chi connectivity index (χ0) is 9.89. The van der Waals surface area contributed by atoms with E-state index in [1.165, 1.54) is 0 Å². The Morgan fingerprint density at radius 1 is 1.17 bits per heavy atom. The molecule has 0 rings (SSSR count). The Hall–Kier alpha value is -0.570. The van der Waals surface area contributed by atoms with Crippen LogP contribution in [0.4, 0.5) is 0 Å². The largest absolute Gasteiger partial charge is 0.480 e. The van der Waals surface area contributed by atoms with Gasteiger partial charge in [-0.05, 0) is 17.8 Å². The molecule has 0 saturated carbocycles. The molecule has 0 aromatic carbocycles. The SMILES string of the molecule is CC(C)C(C(C)C)C(N)C(=O)O. The maximum absolute atomic E-state index is 10.6. The summed E-state index contributed by atoms with van der Waals surface area (Å²) in [5.41, 5.74) is 5.56. The maximum atomic E-state index is 10.6. The van der Waals surface area contributed by atoms with Crippen LogP contribution in [0.25, 0.3) is 0 Å². The molecule has 0 spiro atoms. The second-order valence-electron chi connectivity index (χ2n) is 3.93. The van der Waals surface area contributed by atoms with Gasteiger partial charge in [-0.3, -0.25) is 4.79 Å². The smallest absolute Gasteiger partial charge is 0.320 e. The van der Waals surface area contributed by atoms with Crippen LogP contribution in [0.2, 0.25) is 0 Å². The summed E-state index contributed by atoms with van der Waals surface area (Å²) in [6.07, 6.45) is 0. The highest BCUT2D eigenvalue weighted by atomic mass is 16.4. The molecule has 0 radical (unpaired) electrons. The third-order valence-corrected chi connectivity index (χ3v) is 2.24. The minimum Gasteiger partial charge on any atom is -0.480 e. The highest BCUT2D eigenvalue weighted by molar-refractivity contribution is 5.73. The third kappa shape index (κ3) is 2.81. The standard InChI is InChI=1S/C9H19NO2/c1-5(2)7(6(3)4)8(10)9(11)12/h5-8H,10H2,1-4H3,(H,11,12). The van der Waals surface area contributed by atoms with E-state index < -0.39 is 12.0 Å². The fourth-order valence-corrected chi connectivity index (χ4v) is 1.76. The van der Waals surface area contributed by atoms with Gasteiger partial charge in [0.05, 0.1) is 0 Å². The molecule has 1 atom stereocenters. The zero-order valence-electron chi connectivity index (χ0n) is 8.24. The van der Waals surface area contributed by atoms with Gasteiger partial charge >= 0.3 is 5.97 Å². The van der Waals surface area contributed by atoms with Gasteiger partial charge in [0.25, 0.3) is 0 Å². The number of rotatable bonds is 4. The van der Waals surface area contributed by atoms with Crippen molar-refractivity contribution in [2.24, 2.45) is 23.5 Å². The quantitative estimate of drug-likeness (QED) is 0.674. The molecule has 0 aliphatic rings. The molecule has 1 unspecified atom stereocenters. The van der Waals surface area contributed by atoms with Crippen LogP contribution in [0.3, 0.4) is 0 Å². The molecule has 3 heteroatoms. The average Bonchev–Trinajstić information content (AvgIpc) is 1.85. The molecule has 0 heterocycles. The molecule has 12 heavy (non-hydrogen) atoms. The van der Waals surface area contributed by atoms with Gasteiger partial charge in [0.1, 0.15) is 6.04 Å². The number of carboxylic acids is 1. The predicted octanol–water partition coefficient (Wildman–Crippen LogP) is 1.33. The lowest BCUT2D eigenvalue weighted by molar-refractivity contribution is -0.140. The first kappa shape index (κ1) is 11.4. The summed E-state index contributed by atoms with van der Waals surface area (Å²) in [6.45, 7) is 8.03. The lowest BCUT2D eigenvalue weighted by Crippen LogP contribution is -2.42. The van der Waals surface area contributed by atoms with Gasteiger partial charge in [-0.2, -0.15) is 0 Å². The third-order valence-electron chi connectivity index (χ3n) is 2.24. The van der Waals surface area contributed by atoms with Crippen molar-refractivity contribution >= 4 is 5.97 Å². The Balaban J connectivity index is 4.40. The molecule has 0 fully saturated rings. The van der Waals surface area contributed by atoms with E-state index in [1.807, 2.05) is 27.7 Å². The van der Waals surface area contributed by atoms with Crippen LogP contribution < -0.4 is 5.73 Å². The van der Waals surface area contributed by atoms with E-state index in [1.54, 1.807) is 0 Å². The molecular formula is C9H19NO2. The first-order valence-corrected chi connectivity index (χ1v) is 4.36. The van der Waals surface area contributed by atoms with Crippen LogP contribution >= 0.6 is 0 Å². The normalized spacial score (nSPS) is 14.3. The molecule has 0 aliphatic carbocycles. The maximum Gasteiger partial charge on any atom is 0.320 e. The first-order chi connectivity index (χ1) is 5.37. The van der Waals surface area contributed by atoms with Crippen LogP contribution in [0.15, 0.2) is 0 Å². The minimum absolute atomic E-state index is 0.0579. The number of carboxylic acid groups (broad SMARTS) is 1. The number of nitrogens with two attached hydrogens (primary N) is 1. The summed E-state index contributed by atoms with van der Waals surface area (Å²) in [4.78, 5) is 10.6. The van der Waals surface area contributed by atoms with Crippen LogP contribution in [-0.2, 0) is 4.79 Å². The monoisotopic (exact) mass is 173 g/mol. The summed E-state index contributed by atoms with van der Waals surface area (Å²) in [6, 6.07) is -0.731. The summed E-state index contributed by atoms with van der Waals surface area (Å²) in [7, 11) is 0. The fourth-order valence-electron chi connectivity index (χ4n) is 1.76. The van der Waals surface area contributed by atoms with Gasteiger partial charge in [0, 0.05) is 0 Å². The minimum atomic E-state index is -0.901. The zero-order valence-corrected chi connectivity index (χ0v) is 8.24. The topological polar surface area (TPSA) is 63.3 Å². The lowest BCUT2D eigenvalue weighted by atomic mass is 9.80. The van der Waals surface area contributed by atoms with Crippen molar-refractivity contribution in [1.29, 1.82) is 0 Å². The second-order valence-corrected chi connectivity index (χ2v) is 3.93. The van der Waals surface area contributed by atoms with Gasteiger partial charge in [-0.1, -0.05) is 27.7 Å². The number of hydrogen-bond donors (Lipinski definition) is 2. The second kappa shape index (κ2) is 4.45. The molecular weight excluding hydrogens is 154 g/mol. The van der Waals surface area contributed by atoms with Gasteiger partial charge in [-0.15, -0.1) is 0 Å². The van der Waals surface area contributed by atoms with Crippen molar-refractivity contribution in [2.45, 2.75) is 33.7 Å². The van der Waals surface area contributed by atoms with E-state index in [0.717, 1.165) is 0 Å². The number of hydrogen-bond acceptors (Lipinski definition) is 2. The number of aliphatic carboxylic acids is 1. The van der Waals surface area contributed by atoms with Gasteiger partial charge in [-0.25, -0.2) is 0 Å². The van der Waals surface area contributed by atoms with E-state index in [-0.39, 0.29) is 5.92 Å². The lowest BCUT2D eigenvalue weighted by Gasteiger charge is -2.27. The molecule has 0 aromatic rings. The Morgan fingerprint density at radius 2 is 1.50 bits per heavy atom. The van der Waals surface area contributed by atoms with Crippen molar-refractivity contribution in [3.05, 3.63) is 0 Å². The highest BCUT2D eigenvalue weighted by Gasteiger charge is 2.29. The molecule has 0 amide bonds. The van der Waals surface area contributed by atoms with Crippen molar-refractivity contribution < 1.29 is 9.90 Å². The Labute approximate surface area is 74.0 Å². The van der Waals surface area contributed by atoms with Gasteiger partial charge < -0.3 is 10.8 Å². The van der Waals surface area contributed by atoms with E-state index >= 15 is 0 Å². The molecule has 0 aliphatic heterocycles. The van der Waals surface area contributed by atoms with Crippen LogP contribution in [0, 0.1) is 17.8 Å². The van der Waals surface area contributed by atoms with Crippen molar-refractivity contribution in [1.82, 2.24) is 0 Å². The Morgan fingerprint density at radius 3 is 1.58 bits per heavy atom. The average molecular weight is 173 g/mol. The predicted molar refractivity (Wildman–Crippen MR) is 48.8 cm³/mol. The van der Waals surface area contributed by atoms with Crippen molar-refractivity contribution in [3.63, 3.8) is 0 Å². The number of carbonyl (C=O) groups is 1. The summed E-state index contributed by atoms with van der Waals surface area (Å²) >= 11 is 0. The first-order valence-electron chi connectivity index (χ1n) is 4.36. The van der Waals surface area contributed by atoms with E-state index in [4.69, 9.17) is 10.8 Å². The van der Waals surface area contributed by atoms with Gasteiger partial charge in [0.2, 0.25) is 0 Å². The van der Waals surface area contributed by atoms with Crippen molar-refractivity contribution in [2.75, 3.05) is 0 Å². The van der Waals surface area contributed by atoms with Crippen LogP contribution in [0.1, 0.15) is 27.7 Å². The summed E-state index contributed by atoms with van der Waals surface area (Å²) in [5.74, 6) is -0.211. The Kier molecular flexibility index (Phi) is 4.24. The molecule has 0 saturated heterocycles. The van der Waals surface area contributed by atoms with Gasteiger partial charge in [0.15, 0.2) is 0 Å². The molecule has 0 bridgehead atoms. The highest BCUT2D eigenvalue weighted by Crippen LogP contribution is 2.23.